The monoisotopic (exact) mass is 363 g/mol. The van der Waals surface area contributed by atoms with Crippen molar-refractivity contribution in [3.63, 3.8) is 0 Å². The molecule has 1 aromatic rings. The Balaban J connectivity index is 1.69. The Morgan fingerprint density at radius 1 is 1.35 bits per heavy atom. The van der Waals surface area contributed by atoms with Crippen molar-refractivity contribution in [3.8, 4) is 5.75 Å². The number of piperidine rings is 1. The van der Waals surface area contributed by atoms with E-state index in [1.165, 1.54) is 13.2 Å². The average molecular weight is 363 g/mol. The van der Waals surface area contributed by atoms with Crippen molar-refractivity contribution in [2.75, 3.05) is 33.3 Å². The standard InChI is InChI=1S/C19H26FN3O3/c1-26-15-3-4-16(20)14(11-15)12-23-8-2-6-19(18(23)25)7-10-22(13-19)9-5-17(21)24/h3-4,11H,2,5-10,12-13H2,1H3,(H2,21,24)/t19-/m0/s1. The van der Waals surface area contributed by atoms with Gasteiger partial charge in [-0.25, -0.2) is 4.39 Å². The summed E-state index contributed by atoms with van der Waals surface area (Å²) >= 11 is 0. The van der Waals surface area contributed by atoms with Crippen LogP contribution in [0, 0.1) is 11.2 Å². The van der Waals surface area contributed by atoms with Gasteiger partial charge in [-0.1, -0.05) is 0 Å². The number of rotatable bonds is 6. The van der Waals surface area contributed by atoms with Crippen LogP contribution in [0.4, 0.5) is 4.39 Å². The summed E-state index contributed by atoms with van der Waals surface area (Å²) in [6, 6.07) is 4.60. The number of carbonyl (C=O) groups is 2. The Kier molecular flexibility index (Phi) is 5.46. The Bertz CT molecular complexity index is 697. The second kappa shape index (κ2) is 7.61. The number of hydrogen-bond acceptors (Lipinski definition) is 4. The fraction of sp³-hybridized carbons (Fsp3) is 0.579. The van der Waals surface area contributed by atoms with E-state index < -0.39 is 5.41 Å². The van der Waals surface area contributed by atoms with Crippen LogP contribution >= 0.6 is 0 Å². The molecule has 2 N–H and O–H groups in total. The lowest BCUT2D eigenvalue weighted by molar-refractivity contribution is -0.146. The molecule has 2 aliphatic rings. The second-order valence-corrected chi connectivity index (χ2v) is 7.31. The minimum absolute atomic E-state index is 0.0903. The molecule has 7 heteroatoms. The van der Waals surface area contributed by atoms with Crippen LogP contribution in [0.15, 0.2) is 18.2 Å². The molecule has 2 fully saturated rings. The van der Waals surface area contributed by atoms with Gasteiger partial charge in [0.05, 0.1) is 12.5 Å². The normalized spacial score (nSPS) is 23.6. The third-order valence-electron chi connectivity index (χ3n) is 5.55. The molecular weight excluding hydrogens is 337 g/mol. The van der Waals surface area contributed by atoms with Crippen molar-refractivity contribution in [3.05, 3.63) is 29.6 Å². The number of benzene rings is 1. The summed E-state index contributed by atoms with van der Waals surface area (Å²) in [5, 5.41) is 0. The van der Waals surface area contributed by atoms with Gasteiger partial charge in [-0.2, -0.15) is 0 Å². The van der Waals surface area contributed by atoms with Crippen LogP contribution in [0.3, 0.4) is 0 Å². The second-order valence-electron chi connectivity index (χ2n) is 7.31. The number of primary amides is 1. The smallest absolute Gasteiger partial charge is 0.230 e. The maximum absolute atomic E-state index is 14.1. The predicted octanol–water partition coefficient (Wildman–Crippen LogP) is 1.52. The maximum Gasteiger partial charge on any atom is 0.230 e. The number of ether oxygens (including phenoxy) is 1. The molecule has 1 aromatic carbocycles. The molecule has 0 unspecified atom stereocenters. The molecule has 3 rings (SSSR count). The Morgan fingerprint density at radius 3 is 2.88 bits per heavy atom. The molecule has 2 aliphatic heterocycles. The number of hydrogen-bond donors (Lipinski definition) is 1. The van der Waals surface area contributed by atoms with Crippen molar-refractivity contribution in [2.45, 2.75) is 32.2 Å². The molecule has 142 valence electrons. The lowest BCUT2D eigenvalue weighted by atomic mass is 9.78. The highest BCUT2D eigenvalue weighted by molar-refractivity contribution is 5.84. The van der Waals surface area contributed by atoms with Gasteiger partial charge in [0.25, 0.3) is 0 Å². The molecule has 2 heterocycles. The summed E-state index contributed by atoms with van der Waals surface area (Å²) in [7, 11) is 1.54. The molecule has 0 bridgehead atoms. The number of nitrogens with zero attached hydrogens (tertiary/aromatic N) is 2. The van der Waals surface area contributed by atoms with E-state index in [2.05, 4.69) is 4.90 Å². The molecule has 0 saturated carbocycles. The largest absolute Gasteiger partial charge is 0.497 e. The third kappa shape index (κ3) is 3.82. The average Bonchev–Trinajstić information content (AvgIpc) is 3.03. The lowest BCUT2D eigenvalue weighted by Gasteiger charge is -2.39. The summed E-state index contributed by atoms with van der Waals surface area (Å²) in [5.74, 6) is 0.0235. The van der Waals surface area contributed by atoms with Crippen molar-refractivity contribution < 1.29 is 18.7 Å². The van der Waals surface area contributed by atoms with E-state index in [-0.39, 0.29) is 24.2 Å². The number of nitrogens with two attached hydrogens (primary N) is 1. The highest BCUT2D eigenvalue weighted by Crippen LogP contribution is 2.40. The van der Waals surface area contributed by atoms with Gasteiger partial charge in [0.2, 0.25) is 11.8 Å². The number of methoxy groups -OCH3 is 1. The van der Waals surface area contributed by atoms with E-state index >= 15 is 0 Å². The molecule has 2 amide bonds. The molecule has 6 nitrogen and oxygen atoms in total. The van der Waals surface area contributed by atoms with E-state index in [1.807, 2.05) is 0 Å². The van der Waals surface area contributed by atoms with Gasteiger partial charge in [0, 0.05) is 38.2 Å². The van der Waals surface area contributed by atoms with Gasteiger partial charge in [0.15, 0.2) is 0 Å². The number of carbonyl (C=O) groups excluding carboxylic acids is 2. The summed E-state index contributed by atoms with van der Waals surface area (Å²) in [6.45, 7) is 2.93. The lowest BCUT2D eigenvalue weighted by Crippen LogP contribution is -2.49. The molecule has 26 heavy (non-hydrogen) atoms. The maximum atomic E-state index is 14.1. The zero-order valence-corrected chi connectivity index (χ0v) is 15.2. The quantitative estimate of drug-likeness (QED) is 0.832. The zero-order valence-electron chi connectivity index (χ0n) is 15.2. The minimum Gasteiger partial charge on any atom is -0.497 e. The summed E-state index contributed by atoms with van der Waals surface area (Å²) in [4.78, 5) is 28.1. The molecule has 0 aromatic heterocycles. The fourth-order valence-electron chi connectivity index (χ4n) is 4.10. The first-order valence-corrected chi connectivity index (χ1v) is 9.06. The van der Waals surface area contributed by atoms with Gasteiger partial charge in [-0.15, -0.1) is 0 Å². The summed E-state index contributed by atoms with van der Waals surface area (Å²) in [6.07, 6.45) is 2.83. The first-order valence-electron chi connectivity index (χ1n) is 9.06. The van der Waals surface area contributed by atoms with Gasteiger partial charge in [-0.3, -0.25) is 9.59 Å². The molecule has 2 saturated heterocycles. The predicted molar refractivity (Wildman–Crippen MR) is 94.9 cm³/mol. The minimum atomic E-state index is -0.411. The van der Waals surface area contributed by atoms with Gasteiger partial charge >= 0.3 is 0 Å². The van der Waals surface area contributed by atoms with Crippen molar-refractivity contribution >= 4 is 11.8 Å². The van der Waals surface area contributed by atoms with Gasteiger partial charge in [0.1, 0.15) is 11.6 Å². The molecule has 1 spiro atoms. The van der Waals surface area contributed by atoms with E-state index in [0.29, 0.717) is 37.4 Å². The molecule has 0 aliphatic carbocycles. The fourth-order valence-corrected chi connectivity index (χ4v) is 4.10. The van der Waals surface area contributed by atoms with Crippen molar-refractivity contribution in [2.24, 2.45) is 11.1 Å². The highest BCUT2D eigenvalue weighted by atomic mass is 19.1. The Morgan fingerprint density at radius 2 is 2.15 bits per heavy atom. The third-order valence-corrected chi connectivity index (χ3v) is 5.55. The van der Waals surface area contributed by atoms with Crippen LogP contribution in [0.25, 0.3) is 0 Å². The van der Waals surface area contributed by atoms with Crippen molar-refractivity contribution in [1.29, 1.82) is 0 Å². The first-order chi connectivity index (χ1) is 12.4. The van der Waals surface area contributed by atoms with Crippen LogP contribution in [0.2, 0.25) is 0 Å². The SMILES string of the molecule is COc1ccc(F)c(CN2CCC[C@@]3(CCN(CCC(N)=O)C3)C2=O)c1. The van der Waals surface area contributed by atoms with E-state index in [4.69, 9.17) is 10.5 Å². The van der Waals surface area contributed by atoms with Crippen LogP contribution in [0.1, 0.15) is 31.2 Å². The van der Waals surface area contributed by atoms with Crippen LogP contribution in [-0.2, 0) is 16.1 Å². The summed E-state index contributed by atoms with van der Waals surface area (Å²) in [5.41, 5.74) is 5.29. The van der Waals surface area contributed by atoms with Crippen LogP contribution < -0.4 is 10.5 Å². The highest BCUT2D eigenvalue weighted by Gasteiger charge is 2.48. The molecular formula is C19H26FN3O3. The van der Waals surface area contributed by atoms with Crippen molar-refractivity contribution in [1.82, 2.24) is 9.80 Å². The van der Waals surface area contributed by atoms with Crippen LogP contribution in [-0.4, -0.2) is 54.9 Å². The Labute approximate surface area is 153 Å². The molecule has 1 atom stereocenters. The van der Waals surface area contributed by atoms with E-state index in [1.54, 1.807) is 17.0 Å². The van der Waals surface area contributed by atoms with Crippen LogP contribution in [0.5, 0.6) is 5.75 Å². The number of amides is 2. The zero-order chi connectivity index (χ0) is 18.7. The first kappa shape index (κ1) is 18.6. The van der Waals surface area contributed by atoms with E-state index in [0.717, 1.165) is 25.8 Å². The van der Waals surface area contributed by atoms with Gasteiger partial charge in [-0.05, 0) is 44.0 Å². The van der Waals surface area contributed by atoms with Gasteiger partial charge < -0.3 is 20.3 Å². The van der Waals surface area contributed by atoms with E-state index in [9.17, 15) is 14.0 Å². The number of halogens is 1. The summed E-state index contributed by atoms with van der Waals surface area (Å²) < 4.78 is 19.3. The topological polar surface area (TPSA) is 75.9 Å². The number of likely N-dealkylation sites (tertiary alicyclic amines) is 2. The Hall–Kier alpha value is -2.15. The molecule has 0 radical (unpaired) electrons.